The maximum atomic E-state index is 11.8. The number of nitrogens with zero attached hydrogens (tertiary/aromatic N) is 2. The topological polar surface area (TPSA) is 43.8 Å². The minimum Gasteiger partial charge on any atom is -0.396 e. The first-order valence-corrected chi connectivity index (χ1v) is 6.22. The predicted molar refractivity (Wildman–Crippen MR) is 62.0 cm³/mol. The van der Waals surface area contributed by atoms with Gasteiger partial charge in [-0.1, -0.05) is 0 Å². The smallest absolute Gasteiger partial charge is 0.223 e. The normalized spacial score (nSPS) is 37.1. The zero-order valence-electron chi connectivity index (χ0n) is 10.2. The van der Waals surface area contributed by atoms with Crippen molar-refractivity contribution >= 4 is 5.91 Å². The second-order valence-electron chi connectivity index (χ2n) is 5.31. The van der Waals surface area contributed by atoms with Gasteiger partial charge in [0.2, 0.25) is 5.91 Å². The van der Waals surface area contributed by atoms with E-state index in [0.717, 1.165) is 25.9 Å². The van der Waals surface area contributed by atoms with Gasteiger partial charge >= 0.3 is 0 Å². The quantitative estimate of drug-likeness (QED) is 0.737. The van der Waals surface area contributed by atoms with Crippen LogP contribution in [0, 0.1) is 5.92 Å². The van der Waals surface area contributed by atoms with Gasteiger partial charge in [0, 0.05) is 44.1 Å². The molecule has 3 atom stereocenters. The molecular formula is C12H22N2O2. The van der Waals surface area contributed by atoms with E-state index < -0.39 is 0 Å². The third-order valence-electron chi connectivity index (χ3n) is 4.12. The maximum Gasteiger partial charge on any atom is 0.223 e. The fourth-order valence-corrected chi connectivity index (χ4v) is 2.83. The summed E-state index contributed by atoms with van der Waals surface area (Å²) < 4.78 is 0. The van der Waals surface area contributed by atoms with E-state index in [2.05, 4.69) is 18.9 Å². The van der Waals surface area contributed by atoms with Crippen LogP contribution in [0.4, 0.5) is 0 Å². The van der Waals surface area contributed by atoms with Gasteiger partial charge in [-0.15, -0.1) is 0 Å². The van der Waals surface area contributed by atoms with E-state index in [-0.39, 0.29) is 18.4 Å². The lowest BCUT2D eigenvalue weighted by atomic mass is 9.97. The van der Waals surface area contributed by atoms with E-state index in [4.69, 9.17) is 5.11 Å². The van der Waals surface area contributed by atoms with Crippen molar-refractivity contribution in [2.45, 2.75) is 38.3 Å². The van der Waals surface area contributed by atoms with E-state index >= 15 is 0 Å². The lowest BCUT2D eigenvalue weighted by molar-refractivity contribution is -0.130. The molecule has 0 radical (unpaired) electrons. The molecule has 1 amide bonds. The molecule has 2 aliphatic heterocycles. The Morgan fingerprint density at radius 1 is 1.50 bits per heavy atom. The highest BCUT2D eigenvalue weighted by Gasteiger charge is 2.36. The molecule has 92 valence electrons. The fourth-order valence-electron chi connectivity index (χ4n) is 2.83. The zero-order valence-corrected chi connectivity index (χ0v) is 10.2. The summed E-state index contributed by atoms with van der Waals surface area (Å²) in [5, 5.41) is 9.11. The summed E-state index contributed by atoms with van der Waals surface area (Å²) in [6.07, 6.45) is 2.68. The molecule has 0 saturated carbocycles. The van der Waals surface area contributed by atoms with Gasteiger partial charge in [0.25, 0.3) is 0 Å². The summed E-state index contributed by atoms with van der Waals surface area (Å²) in [5.74, 6) is 0.406. The number of likely N-dealkylation sites (tertiary alicyclic amines) is 2. The Kier molecular flexibility index (Phi) is 3.50. The summed E-state index contributed by atoms with van der Waals surface area (Å²) in [7, 11) is 2.14. The van der Waals surface area contributed by atoms with Crippen LogP contribution in [0.3, 0.4) is 0 Å². The van der Waals surface area contributed by atoms with E-state index in [0.29, 0.717) is 18.5 Å². The number of carbonyl (C=O) groups excluding carboxylic acids is 1. The van der Waals surface area contributed by atoms with Gasteiger partial charge in [-0.05, 0) is 26.8 Å². The second-order valence-corrected chi connectivity index (χ2v) is 5.31. The number of hydrogen-bond acceptors (Lipinski definition) is 3. The Balaban J connectivity index is 1.95. The molecule has 0 aromatic heterocycles. The second kappa shape index (κ2) is 4.72. The summed E-state index contributed by atoms with van der Waals surface area (Å²) in [5.41, 5.74) is 0. The number of hydrogen-bond donors (Lipinski definition) is 1. The summed E-state index contributed by atoms with van der Waals surface area (Å²) in [4.78, 5) is 16.2. The van der Waals surface area contributed by atoms with E-state index in [9.17, 15) is 4.79 Å². The Morgan fingerprint density at radius 2 is 2.25 bits per heavy atom. The van der Waals surface area contributed by atoms with E-state index in [1.54, 1.807) is 0 Å². The summed E-state index contributed by atoms with van der Waals surface area (Å²) >= 11 is 0. The van der Waals surface area contributed by atoms with Gasteiger partial charge in [-0.3, -0.25) is 4.79 Å². The van der Waals surface area contributed by atoms with Crippen LogP contribution in [-0.4, -0.2) is 59.6 Å². The van der Waals surface area contributed by atoms with Crippen molar-refractivity contribution in [2.24, 2.45) is 5.92 Å². The van der Waals surface area contributed by atoms with Crippen molar-refractivity contribution < 1.29 is 9.90 Å². The zero-order chi connectivity index (χ0) is 11.7. The Morgan fingerprint density at radius 3 is 2.81 bits per heavy atom. The summed E-state index contributed by atoms with van der Waals surface area (Å²) in [6.45, 7) is 4.19. The number of piperidine rings is 1. The molecule has 0 bridgehead atoms. The van der Waals surface area contributed by atoms with Crippen molar-refractivity contribution in [3.63, 3.8) is 0 Å². The number of rotatable bonds is 2. The molecule has 2 aliphatic rings. The fraction of sp³-hybridized carbons (Fsp3) is 0.917. The highest BCUT2D eigenvalue weighted by Crippen LogP contribution is 2.27. The minimum atomic E-state index is 0.143. The van der Waals surface area contributed by atoms with Gasteiger partial charge < -0.3 is 14.9 Å². The highest BCUT2D eigenvalue weighted by atomic mass is 16.3. The largest absolute Gasteiger partial charge is 0.396 e. The molecule has 3 unspecified atom stereocenters. The average Bonchev–Trinajstić information content (AvgIpc) is 2.64. The maximum absolute atomic E-state index is 11.8. The van der Waals surface area contributed by atoms with Gasteiger partial charge in [0.05, 0.1) is 0 Å². The molecule has 4 nitrogen and oxygen atoms in total. The highest BCUT2D eigenvalue weighted by molar-refractivity contribution is 5.79. The molecule has 0 spiro atoms. The molecule has 2 heterocycles. The molecule has 0 aliphatic carbocycles. The SMILES string of the molecule is CC1CC(N2CC(CO)CC2=O)CCN1C. The first kappa shape index (κ1) is 11.9. The Hall–Kier alpha value is -0.610. The molecule has 0 aromatic rings. The monoisotopic (exact) mass is 226 g/mol. The van der Waals surface area contributed by atoms with Crippen LogP contribution in [0.2, 0.25) is 0 Å². The van der Waals surface area contributed by atoms with Crippen LogP contribution in [0.15, 0.2) is 0 Å². The Labute approximate surface area is 97.2 Å². The predicted octanol–water partition coefficient (Wildman–Crippen LogP) is 0.310. The standard InChI is InChI=1S/C12H22N2O2/c1-9-5-11(3-4-13(9)2)14-7-10(8-15)6-12(14)16/h9-11,15H,3-8H2,1-2H3. The lowest BCUT2D eigenvalue weighted by Crippen LogP contribution is -2.48. The van der Waals surface area contributed by atoms with Crippen molar-refractivity contribution in [3.05, 3.63) is 0 Å². The van der Waals surface area contributed by atoms with Crippen molar-refractivity contribution in [1.82, 2.24) is 9.80 Å². The van der Waals surface area contributed by atoms with Gasteiger partial charge in [0.1, 0.15) is 0 Å². The summed E-state index contributed by atoms with van der Waals surface area (Å²) in [6, 6.07) is 0.954. The molecular weight excluding hydrogens is 204 g/mol. The molecule has 16 heavy (non-hydrogen) atoms. The number of carbonyl (C=O) groups is 1. The Bertz CT molecular complexity index is 270. The van der Waals surface area contributed by atoms with Crippen molar-refractivity contribution in [1.29, 1.82) is 0 Å². The lowest BCUT2D eigenvalue weighted by Gasteiger charge is -2.39. The first-order chi connectivity index (χ1) is 7.61. The third kappa shape index (κ3) is 2.23. The van der Waals surface area contributed by atoms with Crippen LogP contribution in [0.25, 0.3) is 0 Å². The molecule has 0 aromatic carbocycles. The molecule has 1 N–H and O–H groups in total. The van der Waals surface area contributed by atoms with Crippen LogP contribution >= 0.6 is 0 Å². The van der Waals surface area contributed by atoms with Crippen LogP contribution < -0.4 is 0 Å². The van der Waals surface area contributed by atoms with Crippen LogP contribution in [-0.2, 0) is 4.79 Å². The minimum absolute atomic E-state index is 0.143. The molecule has 2 saturated heterocycles. The molecule has 2 rings (SSSR count). The third-order valence-corrected chi connectivity index (χ3v) is 4.12. The average molecular weight is 226 g/mol. The van der Waals surface area contributed by atoms with Gasteiger partial charge in [-0.25, -0.2) is 0 Å². The first-order valence-electron chi connectivity index (χ1n) is 6.22. The van der Waals surface area contributed by atoms with E-state index in [1.807, 2.05) is 4.90 Å². The molecule has 4 heteroatoms. The number of aliphatic hydroxyl groups excluding tert-OH is 1. The van der Waals surface area contributed by atoms with Crippen LogP contribution in [0.1, 0.15) is 26.2 Å². The van der Waals surface area contributed by atoms with Crippen molar-refractivity contribution in [3.8, 4) is 0 Å². The van der Waals surface area contributed by atoms with Crippen LogP contribution in [0.5, 0.6) is 0 Å². The molecule has 2 fully saturated rings. The van der Waals surface area contributed by atoms with Gasteiger partial charge in [-0.2, -0.15) is 0 Å². The van der Waals surface area contributed by atoms with E-state index in [1.165, 1.54) is 0 Å². The van der Waals surface area contributed by atoms with Crippen molar-refractivity contribution in [2.75, 3.05) is 26.7 Å². The van der Waals surface area contributed by atoms with Gasteiger partial charge in [0.15, 0.2) is 0 Å². The number of amides is 1. The number of aliphatic hydroxyl groups is 1.